The van der Waals surface area contributed by atoms with Gasteiger partial charge in [-0.2, -0.15) is 0 Å². The van der Waals surface area contributed by atoms with E-state index in [4.69, 9.17) is 21.3 Å². The van der Waals surface area contributed by atoms with Gasteiger partial charge in [0.25, 0.3) is 0 Å². The Morgan fingerprint density at radius 1 is 1.20 bits per heavy atom. The van der Waals surface area contributed by atoms with Crippen LogP contribution in [0, 0.1) is 16.7 Å². The number of thiophene rings is 1. The number of carboxylic acid groups (broad SMARTS) is 1. The molecule has 1 aliphatic heterocycles. The van der Waals surface area contributed by atoms with Crippen LogP contribution in [0.15, 0.2) is 48.5 Å². The van der Waals surface area contributed by atoms with Gasteiger partial charge in [0.15, 0.2) is 0 Å². The van der Waals surface area contributed by atoms with Crippen molar-refractivity contribution < 1.29 is 14.6 Å². The quantitative estimate of drug-likeness (QED) is 0.234. The van der Waals surface area contributed by atoms with Gasteiger partial charge in [0, 0.05) is 34.1 Å². The number of ether oxygens (including phenoxy) is 1. The molecular weight excluding hydrogens is 507 g/mol. The molecule has 0 spiro atoms. The summed E-state index contributed by atoms with van der Waals surface area (Å²) in [5.41, 5.74) is 6.98. The van der Waals surface area contributed by atoms with Crippen LogP contribution in [0.2, 0.25) is 0 Å². The Morgan fingerprint density at radius 2 is 1.91 bits per heavy atom. The molecule has 1 fully saturated rings. The standard InChI is InChI=1S/C25H28N4O3S.2ClH/c1-15(26)29-9-8-16(13-29)14-32-20-5-2-17(3-6-20)22(25(30)31)12-21-11-19-10-18(24(27)28)4-7-23(19)33-21;;/h2-7,10-11,16,22,26H,8-9,12-14H2,1H3,(H3,27,28)(H,30,31);2*1H. The van der Waals surface area contributed by atoms with Gasteiger partial charge in [0.2, 0.25) is 0 Å². The lowest BCUT2D eigenvalue weighted by Gasteiger charge is -2.17. The lowest BCUT2D eigenvalue weighted by Crippen LogP contribution is -2.26. The highest BCUT2D eigenvalue weighted by Crippen LogP contribution is 2.32. The Labute approximate surface area is 221 Å². The molecule has 188 valence electrons. The van der Waals surface area contributed by atoms with E-state index in [0.717, 1.165) is 45.8 Å². The Kier molecular flexibility index (Phi) is 9.94. The summed E-state index contributed by atoms with van der Waals surface area (Å²) < 4.78 is 6.98. The number of nitrogens with one attached hydrogen (secondary N) is 2. The molecule has 1 saturated heterocycles. The van der Waals surface area contributed by atoms with E-state index in [1.165, 1.54) is 0 Å². The van der Waals surface area contributed by atoms with Crippen molar-refractivity contribution >= 4 is 63.9 Å². The number of nitrogen functional groups attached to an aromatic ring is 1. The summed E-state index contributed by atoms with van der Waals surface area (Å²) in [5, 5.41) is 26.2. The van der Waals surface area contributed by atoms with Crippen LogP contribution in [-0.2, 0) is 11.2 Å². The van der Waals surface area contributed by atoms with Crippen LogP contribution < -0.4 is 10.5 Å². The molecule has 0 saturated carbocycles. The Bertz CT molecular complexity index is 1200. The monoisotopic (exact) mass is 536 g/mol. The molecule has 7 nitrogen and oxygen atoms in total. The molecular formula is C25H30Cl2N4O3S. The molecule has 0 radical (unpaired) electrons. The van der Waals surface area contributed by atoms with Gasteiger partial charge in [0.05, 0.1) is 18.4 Å². The number of fused-ring (bicyclic) bond motifs is 1. The first-order chi connectivity index (χ1) is 15.8. The summed E-state index contributed by atoms with van der Waals surface area (Å²) in [5.74, 6) is 0.224. The van der Waals surface area contributed by atoms with E-state index < -0.39 is 11.9 Å². The first-order valence-corrected chi connectivity index (χ1v) is 11.7. The normalized spacial score (nSPS) is 15.7. The summed E-state index contributed by atoms with van der Waals surface area (Å²) in [6.07, 6.45) is 1.41. The molecule has 2 aromatic carbocycles. The third kappa shape index (κ3) is 6.87. The van der Waals surface area contributed by atoms with E-state index in [1.54, 1.807) is 11.3 Å². The predicted octanol–water partition coefficient (Wildman–Crippen LogP) is 5.14. The zero-order valence-electron chi connectivity index (χ0n) is 19.3. The molecule has 0 amide bonds. The molecule has 35 heavy (non-hydrogen) atoms. The van der Waals surface area contributed by atoms with Crippen LogP contribution >= 0.6 is 36.2 Å². The maximum absolute atomic E-state index is 12.0. The zero-order chi connectivity index (χ0) is 23.5. The third-order valence-corrected chi connectivity index (χ3v) is 7.25. The number of carbonyl (C=O) groups is 1. The first-order valence-electron chi connectivity index (χ1n) is 10.9. The van der Waals surface area contributed by atoms with Crippen molar-refractivity contribution in [2.75, 3.05) is 19.7 Å². The highest BCUT2D eigenvalue weighted by Gasteiger charge is 2.24. The number of carboxylic acids is 1. The SMILES string of the molecule is CC(=N)N1CCC(COc2ccc(C(Cc3cc4cc(C(=N)N)ccc4s3)C(=O)O)cc2)C1.Cl.Cl. The average Bonchev–Trinajstić information content (AvgIpc) is 3.42. The van der Waals surface area contributed by atoms with Crippen molar-refractivity contribution in [1.82, 2.24) is 4.90 Å². The van der Waals surface area contributed by atoms with Gasteiger partial charge < -0.3 is 20.5 Å². The zero-order valence-corrected chi connectivity index (χ0v) is 21.8. The van der Waals surface area contributed by atoms with Crippen molar-refractivity contribution in [3.05, 3.63) is 64.5 Å². The molecule has 3 aromatic rings. The Balaban J connectivity index is 0.00000216. The smallest absolute Gasteiger partial charge is 0.311 e. The lowest BCUT2D eigenvalue weighted by molar-refractivity contribution is -0.138. The minimum atomic E-state index is -0.862. The molecule has 4 rings (SSSR count). The predicted molar refractivity (Wildman–Crippen MR) is 146 cm³/mol. The molecule has 5 N–H and O–H groups in total. The molecule has 0 aliphatic carbocycles. The molecule has 2 unspecified atom stereocenters. The number of hydrogen-bond acceptors (Lipinski definition) is 5. The van der Waals surface area contributed by atoms with Gasteiger partial charge in [-0.3, -0.25) is 15.6 Å². The van der Waals surface area contributed by atoms with E-state index in [2.05, 4.69) is 4.90 Å². The highest BCUT2D eigenvalue weighted by atomic mass is 35.5. The number of nitrogens with two attached hydrogens (primary N) is 1. The molecule has 10 heteroatoms. The minimum Gasteiger partial charge on any atom is -0.493 e. The Morgan fingerprint density at radius 3 is 2.51 bits per heavy atom. The number of hydrogen-bond donors (Lipinski definition) is 4. The second-order valence-electron chi connectivity index (χ2n) is 8.54. The molecule has 2 heterocycles. The van der Waals surface area contributed by atoms with Gasteiger partial charge in [-0.15, -0.1) is 36.2 Å². The number of nitrogens with zero attached hydrogens (tertiary/aromatic N) is 1. The van der Waals surface area contributed by atoms with Crippen molar-refractivity contribution in [3.8, 4) is 5.75 Å². The summed E-state index contributed by atoms with van der Waals surface area (Å²) in [7, 11) is 0. The molecule has 2 atom stereocenters. The summed E-state index contributed by atoms with van der Waals surface area (Å²) in [4.78, 5) is 15.1. The van der Waals surface area contributed by atoms with Crippen LogP contribution in [0.25, 0.3) is 10.1 Å². The summed E-state index contributed by atoms with van der Waals surface area (Å²) in [6, 6.07) is 14.9. The molecule has 0 bridgehead atoms. The van der Waals surface area contributed by atoms with Gasteiger partial charge in [-0.25, -0.2) is 0 Å². The fourth-order valence-corrected chi connectivity index (χ4v) is 5.29. The van der Waals surface area contributed by atoms with Gasteiger partial charge in [0.1, 0.15) is 11.6 Å². The fraction of sp³-hybridized carbons (Fsp3) is 0.320. The van der Waals surface area contributed by atoms with Crippen molar-refractivity contribution in [2.24, 2.45) is 11.7 Å². The topological polar surface area (TPSA) is 123 Å². The maximum Gasteiger partial charge on any atom is 0.311 e. The van der Waals surface area contributed by atoms with Crippen LogP contribution in [0.3, 0.4) is 0 Å². The number of halogens is 2. The molecule has 1 aliphatic rings. The van der Waals surface area contributed by atoms with E-state index in [9.17, 15) is 9.90 Å². The van der Waals surface area contributed by atoms with Crippen molar-refractivity contribution in [1.29, 1.82) is 10.8 Å². The average molecular weight is 538 g/mol. The second kappa shape index (κ2) is 12.2. The van der Waals surface area contributed by atoms with Crippen LogP contribution in [0.5, 0.6) is 5.75 Å². The van der Waals surface area contributed by atoms with E-state index in [-0.39, 0.29) is 30.6 Å². The first kappa shape index (κ1) is 28.4. The van der Waals surface area contributed by atoms with Gasteiger partial charge >= 0.3 is 5.97 Å². The minimum absolute atomic E-state index is 0. The summed E-state index contributed by atoms with van der Waals surface area (Å²) in [6.45, 7) is 4.15. The Hall–Kier alpha value is -2.81. The van der Waals surface area contributed by atoms with Gasteiger partial charge in [-0.1, -0.05) is 12.1 Å². The molecule has 1 aromatic heterocycles. The number of rotatable bonds is 8. The third-order valence-electron chi connectivity index (χ3n) is 6.11. The van der Waals surface area contributed by atoms with Crippen LogP contribution in [0.1, 0.15) is 35.3 Å². The van der Waals surface area contributed by atoms with Crippen molar-refractivity contribution in [3.63, 3.8) is 0 Å². The number of benzene rings is 2. The van der Waals surface area contributed by atoms with Crippen molar-refractivity contribution in [2.45, 2.75) is 25.7 Å². The largest absolute Gasteiger partial charge is 0.493 e. The second-order valence-corrected chi connectivity index (χ2v) is 9.71. The highest BCUT2D eigenvalue weighted by molar-refractivity contribution is 7.19. The number of likely N-dealkylation sites (tertiary alicyclic amines) is 1. The van der Waals surface area contributed by atoms with E-state index >= 15 is 0 Å². The number of aliphatic carboxylic acids is 1. The van der Waals surface area contributed by atoms with Crippen LogP contribution in [-0.4, -0.2) is 47.3 Å². The van der Waals surface area contributed by atoms with E-state index in [0.29, 0.717) is 30.3 Å². The van der Waals surface area contributed by atoms with Crippen LogP contribution in [0.4, 0.5) is 0 Å². The van der Waals surface area contributed by atoms with E-state index in [1.807, 2.05) is 55.5 Å². The fourth-order valence-electron chi connectivity index (χ4n) is 4.20. The lowest BCUT2D eigenvalue weighted by atomic mass is 9.95. The summed E-state index contributed by atoms with van der Waals surface area (Å²) >= 11 is 1.57. The number of amidine groups is 2. The maximum atomic E-state index is 12.0. The van der Waals surface area contributed by atoms with Gasteiger partial charge in [-0.05, 0) is 67.1 Å².